The molecule has 24 heavy (non-hydrogen) atoms. The second-order valence-electron chi connectivity index (χ2n) is 8.18. The van der Waals surface area contributed by atoms with Crippen LogP contribution in [0.15, 0.2) is 30.3 Å². The van der Waals surface area contributed by atoms with Gasteiger partial charge in [-0.25, -0.2) is 0 Å². The Morgan fingerprint density at radius 1 is 1.08 bits per heavy atom. The van der Waals surface area contributed by atoms with E-state index in [4.69, 9.17) is 0 Å². The number of nitrogens with one attached hydrogen (secondary N) is 1. The van der Waals surface area contributed by atoms with E-state index < -0.39 is 0 Å². The highest BCUT2D eigenvalue weighted by Gasteiger charge is 2.46. The molecular formula is C21H30N2O. The van der Waals surface area contributed by atoms with E-state index >= 15 is 0 Å². The predicted molar refractivity (Wildman–Crippen MR) is 96.7 cm³/mol. The summed E-state index contributed by atoms with van der Waals surface area (Å²) >= 11 is 0. The first kappa shape index (κ1) is 16.1. The fraction of sp³-hybridized carbons (Fsp3) is 0.667. The summed E-state index contributed by atoms with van der Waals surface area (Å²) in [6, 6.07) is 10.6. The Morgan fingerprint density at radius 3 is 2.42 bits per heavy atom. The monoisotopic (exact) mass is 326 g/mol. The maximum absolute atomic E-state index is 13.2. The zero-order valence-electron chi connectivity index (χ0n) is 14.7. The van der Waals surface area contributed by atoms with Crippen LogP contribution in [0.5, 0.6) is 0 Å². The molecule has 4 rings (SSSR count). The Labute approximate surface area is 145 Å². The van der Waals surface area contributed by atoms with E-state index in [-0.39, 0.29) is 5.41 Å². The van der Waals surface area contributed by atoms with E-state index in [1.807, 2.05) is 0 Å². The molecule has 0 spiro atoms. The summed E-state index contributed by atoms with van der Waals surface area (Å²) in [5.74, 6) is 2.13. The number of rotatable bonds is 4. The summed E-state index contributed by atoms with van der Waals surface area (Å²) < 4.78 is 0. The standard InChI is InChI=1S/C21H30N2O/c24-20(21(10-4-11-21)15-17-5-2-1-3-6-17)23-13-8-18(9-14-23)19-7-12-22-16-19/h1-3,5-6,18-19,22H,4,7-16H2. The molecule has 0 radical (unpaired) electrons. The van der Waals surface area contributed by atoms with Crippen molar-refractivity contribution in [3.8, 4) is 0 Å². The van der Waals surface area contributed by atoms with Gasteiger partial charge in [0.05, 0.1) is 5.41 Å². The van der Waals surface area contributed by atoms with Crippen LogP contribution in [0.2, 0.25) is 0 Å². The molecule has 3 heteroatoms. The lowest BCUT2D eigenvalue weighted by atomic mass is 9.64. The van der Waals surface area contributed by atoms with E-state index in [9.17, 15) is 4.79 Å². The van der Waals surface area contributed by atoms with Crippen molar-refractivity contribution >= 4 is 5.91 Å². The normalized spacial score (nSPS) is 27.0. The highest BCUT2D eigenvalue weighted by molar-refractivity contribution is 5.84. The molecule has 1 aromatic carbocycles. The maximum Gasteiger partial charge on any atom is 0.229 e. The van der Waals surface area contributed by atoms with E-state index in [1.165, 1.54) is 44.3 Å². The summed E-state index contributed by atoms with van der Waals surface area (Å²) in [6.45, 7) is 4.34. The third kappa shape index (κ3) is 3.11. The first-order valence-corrected chi connectivity index (χ1v) is 9.81. The average molecular weight is 326 g/mol. The van der Waals surface area contributed by atoms with Gasteiger partial charge in [-0.15, -0.1) is 0 Å². The van der Waals surface area contributed by atoms with Gasteiger partial charge in [-0.2, -0.15) is 0 Å². The van der Waals surface area contributed by atoms with Gasteiger partial charge < -0.3 is 10.2 Å². The third-order valence-corrected chi connectivity index (χ3v) is 6.74. The molecule has 1 amide bonds. The van der Waals surface area contributed by atoms with Crippen molar-refractivity contribution in [2.45, 2.75) is 44.9 Å². The van der Waals surface area contributed by atoms with E-state index in [2.05, 4.69) is 40.5 Å². The topological polar surface area (TPSA) is 32.3 Å². The van der Waals surface area contributed by atoms with Crippen LogP contribution in [0.25, 0.3) is 0 Å². The Hall–Kier alpha value is -1.35. The summed E-state index contributed by atoms with van der Waals surface area (Å²) in [6.07, 6.45) is 8.04. The van der Waals surface area contributed by atoms with E-state index in [1.54, 1.807) is 0 Å². The SMILES string of the molecule is O=C(N1CCC(C2CCNC2)CC1)C1(Cc2ccccc2)CCC1. The number of benzene rings is 1. The summed E-state index contributed by atoms with van der Waals surface area (Å²) in [4.78, 5) is 15.4. The molecule has 0 bridgehead atoms. The largest absolute Gasteiger partial charge is 0.342 e. The van der Waals surface area contributed by atoms with E-state index in [0.29, 0.717) is 5.91 Å². The van der Waals surface area contributed by atoms with Gasteiger partial charge in [0.1, 0.15) is 0 Å². The predicted octanol–water partition coefficient (Wildman–Crippen LogP) is 3.25. The lowest BCUT2D eigenvalue weighted by Crippen LogP contribution is -2.51. The fourth-order valence-electron chi connectivity index (χ4n) is 5.05. The van der Waals surface area contributed by atoms with Gasteiger partial charge in [-0.1, -0.05) is 36.8 Å². The number of hydrogen-bond donors (Lipinski definition) is 1. The number of hydrogen-bond acceptors (Lipinski definition) is 2. The highest BCUT2D eigenvalue weighted by atomic mass is 16.2. The summed E-state index contributed by atoms with van der Waals surface area (Å²) in [7, 11) is 0. The smallest absolute Gasteiger partial charge is 0.229 e. The van der Waals surface area contributed by atoms with E-state index in [0.717, 1.165) is 44.2 Å². The summed E-state index contributed by atoms with van der Waals surface area (Å²) in [5.41, 5.74) is 1.22. The van der Waals surface area contributed by atoms with Gasteiger partial charge in [-0.05, 0) is 69.0 Å². The van der Waals surface area contributed by atoms with Crippen LogP contribution in [0.3, 0.4) is 0 Å². The van der Waals surface area contributed by atoms with Gasteiger partial charge in [0.15, 0.2) is 0 Å². The number of nitrogens with zero attached hydrogens (tertiary/aromatic N) is 1. The van der Waals surface area contributed by atoms with Gasteiger partial charge >= 0.3 is 0 Å². The molecule has 0 aromatic heterocycles. The second kappa shape index (κ2) is 6.87. The van der Waals surface area contributed by atoms with Crippen LogP contribution in [0.1, 0.15) is 44.1 Å². The number of carbonyl (C=O) groups is 1. The molecule has 2 saturated heterocycles. The maximum atomic E-state index is 13.2. The quantitative estimate of drug-likeness (QED) is 0.921. The van der Waals surface area contributed by atoms with Gasteiger partial charge in [0, 0.05) is 13.1 Å². The van der Waals surface area contributed by atoms with Crippen LogP contribution < -0.4 is 5.32 Å². The van der Waals surface area contributed by atoms with Crippen molar-refractivity contribution in [1.29, 1.82) is 0 Å². The number of likely N-dealkylation sites (tertiary alicyclic amines) is 1. The molecule has 1 aliphatic carbocycles. The van der Waals surface area contributed by atoms with Gasteiger partial charge in [0.2, 0.25) is 5.91 Å². The molecule has 1 aromatic rings. The molecule has 1 atom stereocenters. The van der Waals surface area contributed by atoms with Crippen molar-refractivity contribution in [1.82, 2.24) is 10.2 Å². The number of amides is 1. The van der Waals surface area contributed by atoms with Gasteiger partial charge in [-0.3, -0.25) is 4.79 Å². The van der Waals surface area contributed by atoms with Crippen LogP contribution >= 0.6 is 0 Å². The zero-order chi connectivity index (χ0) is 16.4. The Balaban J connectivity index is 1.38. The minimum atomic E-state index is -0.0941. The average Bonchev–Trinajstić information content (AvgIpc) is 3.13. The lowest BCUT2D eigenvalue weighted by Gasteiger charge is -2.46. The minimum absolute atomic E-state index is 0.0941. The van der Waals surface area contributed by atoms with Crippen LogP contribution in [-0.4, -0.2) is 37.0 Å². The molecule has 1 saturated carbocycles. The third-order valence-electron chi connectivity index (χ3n) is 6.74. The van der Waals surface area contributed by atoms with Gasteiger partial charge in [0.25, 0.3) is 0 Å². The number of carbonyl (C=O) groups excluding carboxylic acids is 1. The van der Waals surface area contributed by atoms with Crippen LogP contribution in [0.4, 0.5) is 0 Å². The molecule has 2 heterocycles. The van der Waals surface area contributed by atoms with Crippen molar-refractivity contribution in [3.05, 3.63) is 35.9 Å². The molecule has 3 nitrogen and oxygen atoms in total. The van der Waals surface area contributed by atoms with Crippen LogP contribution in [-0.2, 0) is 11.2 Å². The zero-order valence-corrected chi connectivity index (χ0v) is 14.7. The highest BCUT2D eigenvalue weighted by Crippen LogP contribution is 2.46. The molecular weight excluding hydrogens is 296 g/mol. The van der Waals surface area contributed by atoms with Crippen molar-refractivity contribution < 1.29 is 4.79 Å². The van der Waals surface area contributed by atoms with Crippen LogP contribution in [0, 0.1) is 17.3 Å². The first-order chi connectivity index (χ1) is 11.8. The van der Waals surface area contributed by atoms with Crippen molar-refractivity contribution in [2.75, 3.05) is 26.2 Å². The second-order valence-corrected chi connectivity index (χ2v) is 8.18. The molecule has 3 fully saturated rings. The Bertz CT molecular complexity index is 552. The molecule has 130 valence electrons. The number of piperidine rings is 1. The van der Waals surface area contributed by atoms with Crippen molar-refractivity contribution in [3.63, 3.8) is 0 Å². The minimum Gasteiger partial charge on any atom is -0.342 e. The molecule has 1 N–H and O–H groups in total. The Kier molecular flexibility index (Phi) is 4.62. The lowest BCUT2D eigenvalue weighted by molar-refractivity contribution is -0.149. The fourth-order valence-corrected chi connectivity index (χ4v) is 5.05. The Morgan fingerprint density at radius 2 is 1.83 bits per heavy atom. The first-order valence-electron chi connectivity index (χ1n) is 9.81. The molecule has 2 aliphatic heterocycles. The van der Waals surface area contributed by atoms with Crippen molar-refractivity contribution in [2.24, 2.45) is 17.3 Å². The molecule has 3 aliphatic rings. The summed E-state index contributed by atoms with van der Waals surface area (Å²) in [5, 5.41) is 3.49. The molecule has 1 unspecified atom stereocenters.